The van der Waals surface area contributed by atoms with Gasteiger partial charge in [-0.05, 0) is 37.1 Å². The fourth-order valence-corrected chi connectivity index (χ4v) is 3.12. The molecule has 0 atom stereocenters. The summed E-state index contributed by atoms with van der Waals surface area (Å²) < 4.78 is 16.3. The Balaban J connectivity index is 1.46. The number of nitriles is 1. The van der Waals surface area contributed by atoms with Gasteiger partial charge in [-0.3, -0.25) is 4.68 Å². The highest BCUT2D eigenvalue weighted by Crippen LogP contribution is 2.22. The molecule has 3 N–H and O–H groups in total. The minimum atomic E-state index is -0.348. The molecule has 0 radical (unpaired) electrons. The van der Waals surface area contributed by atoms with E-state index in [9.17, 15) is 9.65 Å². The molecule has 146 valence electrons. The smallest absolute Gasteiger partial charge is 0.163 e. The van der Waals surface area contributed by atoms with Crippen LogP contribution in [-0.4, -0.2) is 36.1 Å². The number of fused-ring (bicyclic) bond motifs is 1. The van der Waals surface area contributed by atoms with Gasteiger partial charge in [0.15, 0.2) is 5.65 Å². The molecule has 0 aliphatic heterocycles. The molecule has 0 fully saturated rings. The van der Waals surface area contributed by atoms with Crippen molar-refractivity contribution < 1.29 is 4.39 Å². The van der Waals surface area contributed by atoms with Crippen LogP contribution >= 0.6 is 0 Å². The van der Waals surface area contributed by atoms with E-state index in [1.807, 2.05) is 7.05 Å². The molecule has 10 heteroatoms. The molecule has 0 spiro atoms. The van der Waals surface area contributed by atoms with Gasteiger partial charge in [-0.15, -0.1) is 0 Å². The van der Waals surface area contributed by atoms with Crippen molar-refractivity contribution in [3.05, 3.63) is 53.9 Å². The Hall–Kier alpha value is -4.00. The highest BCUT2D eigenvalue weighted by atomic mass is 19.1. The van der Waals surface area contributed by atoms with Crippen LogP contribution in [0.1, 0.15) is 17.7 Å². The Labute approximate surface area is 165 Å². The van der Waals surface area contributed by atoms with E-state index in [0.29, 0.717) is 42.1 Å². The van der Waals surface area contributed by atoms with Crippen molar-refractivity contribution in [3.63, 3.8) is 0 Å². The van der Waals surface area contributed by atoms with Crippen molar-refractivity contribution in [3.8, 4) is 11.8 Å². The van der Waals surface area contributed by atoms with E-state index in [1.54, 1.807) is 23.0 Å². The van der Waals surface area contributed by atoms with Gasteiger partial charge in [-0.1, -0.05) is 0 Å². The second kappa shape index (κ2) is 7.55. The first-order valence-corrected chi connectivity index (χ1v) is 8.98. The molecule has 3 heterocycles. The summed E-state index contributed by atoms with van der Waals surface area (Å²) in [4.78, 5) is 8.47. The van der Waals surface area contributed by atoms with E-state index in [1.165, 1.54) is 23.1 Å². The Kier molecular flexibility index (Phi) is 4.78. The molecular formula is C19H18FN9. The van der Waals surface area contributed by atoms with Crippen molar-refractivity contribution >= 4 is 22.7 Å². The van der Waals surface area contributed by atoms with Crippen LogP contribution in [0.25, 0.3) is 16.7 Å². The zero-order valence-electron chi connectivity index (χ0n) is 15.7. The minimum absolute atomic E-state index is 0.245. The lowest BCUT2D eigenvalue weighted by Crippen LogP contribution is -2.06. The van der Waals surface area contributed by atoms with Crippen LogP contribution in [-0.2, 0) is 13.5 Å². The normalized spacial score (nSPS) is 10.9. The second-order valence-electron chi connectivity index (χ2n) is 6.47. The summed E-state index contributed by atoms with van der Waals surface area (Å²) in [7, 11) is 1.82. The van der Waals surface area contributed by atoms with Gasteiger partial charge in [0.2, 0.25) is 0 Å². The number of nitrogens with one attached hydrogen (secondary N) is 1. The van der Waals surface area contributed by atoms with Gasteiger partial charge in [-0.2, -0.15) is 15.5 Å². The van der Waals surface area contributed by atoms with Crippen LogP contribution in [0.3, 0.4) is 0 Å². The summed E-state index contributed by atoms with van der Waals surface area (Å²) in [6, 6.07) is 7.91. The number of nitrogen functional groups attached to an aromatic ring is 1. The number of nitrogens with two attached hydrogens (primary N) is 1. The Morgan fingerprint density at radius 2 is 2.03 bits per heavy atom. The van der Waals surface area contributed by atoms with Crippen molar-refractivity contribution in [2.75, 3.05) is 17.6 Å². The Bertz CT molecular complexity index is 1200. The van der Waals surface area contributed by atoms with Gasteiger partial charge in [0.05, 0.1) is 23.0 Å². The van der Waals surface area contributed by atoms with Crippen LogP contribution in [0.15, 0.2) is 36.8 Å². The minimum Gasteiger partial charge on any atom is -0.382 e. The summed E-state index contributed by atoms with van der Waals surface area (Å²) in [6.07, 6.45) is 4.47. The maximum atomic E-state index is 13.2. The number of rotatable bonds is 6. The third kappa shape index (κ3) is 3.45. The quantitative estimate of drug-likeness (QED) is 0.483. The lowest BCUT2D eigenvalue weighted by molar-refractivity contribution is 0.627. The number of nitrogens with zero attached hydrogens (tertiary/aromatic N) is 7. The first-order chi connectivity index (χ1) is 14.1. The van der Waals surface area contributed by atoms with E-state index in [2.05, 4.69) is 31.6 Å². The summed E-state index contributed by atoms with van der Waals surface area (Å²) in [5.74, 6) is 0.605. The Morgan fingerprint density at radius 3 is 2.79 bits per heavy atom. The number of aromatic nitrogens is 6. The van der Waals surface area contributed by atoms with Gasteiger partial charge in [-0.25, -0.2) is 19.0 Å². The average molecular weight is 391 g/mol. The van der Waals surface area contributed by atoms with Crippen molar-refractivity contribution in [1.29, 1.82) is 5.26 Å². The Morgan fingerprint density at radius 1 is 1.24 bits per heavy atom. The molecule has 4 aromatic rings. The fraction of sp³-hybridized carbons (Fsp3) is 0.211. The fourth-order valence-electron chi connectivity index (χ4n) is 3.12. The number of aryl methyl sites for hydroxylation is 2. The number of benzene rings is 1. The molecule has 4 rings (SSSR count). The van der Waals surface area contributed by atoms with Gasteiger partial charge in [0.25, 0.3) is 0 Å². The van der Waals surface area contributed by atoms with Crippen molar-refractivity contribution in [2.45, 2.75) is 12.8 Å². The maximum Gasteiger partial charge on any atom is 0.163 e. The van der Waals surface area contributed by atoms with Crippen LogP contribution < -0.4 is 11.1 Å². The number of anilines is 2. The molecule has 0 amide bonds. The molecule has 9 nitrogen and oxygen atoms in total. The maximum absolute atomic E-state index is 13.2. The first-order valence-electron chi connectivity index (χ1n) is 8.98. The number of hydrogen-bond donors (Lipinski definition) is 2. The molecule has 3 aromatic heterocycles. The monoisotopic (exact) mass is 391 g/mol. The molecular weight excluding hydrogens is 373 g/mol. The average Bonchev–Trinajstić information content (AvgIpc) is 3.26. The van der Waals surface area contributed by atoms with Crippen LogP contribution in [0.2, 0.25) is 0 Å². The summed E-state index contributed by atoms with van der Waals surface area (Å²) in [6.45, 7) is 0.620. The van der Waals surface area contributed by atoms with Crippen molar-refractivity contribution in [2.24, 2.45) is 7.05 Å². The van der Waals surface area contributed by atoms with E-state index >= 15 is 0 Å². The summed E-state index contributed by atoms with van der Waals surface area (Å²) >= 11 is 0. The third-order valence-corrected chi connectivity index (χ3v) is 4.59. The third-order valence-electron chi connectivity index (χ3n) is 4.59. The van der Waals surface area contributed by atoms with Crippen LogP contribution in [0.4, 0.5) is 16.0 Å². The predicted octanol–water partition coefficient (Wildman–Crippen LogP) is 2.19. The van der Waals surface area contributed by atoms with Crippen molar-refractivity contribution in [1.82, 2.24) is 29.5 Å². The molecule has 0 aliphatic carbocycles. The van der Waals surface area contributed by atoms with E-state index in [4.69, 9.17) is 5.73 Å². The number of hydrogen-bond acceptors (Lipinski definition) is 7. The standard InChI is InChI=1S/C19H18FN9/c1-28-19-15(10-26-28)18(24-11-25-19)23-8-2-3-16-14(9-21)17(22)29(27-16)13-6-4-12(20)5-7-13/h4-7,10-11H,2-3,8,22H2,1H3,(H,23,24,25). The zero-order chi connectivity index (χ0) is 20.4. The SMILES string of the molecule is Cn1ncc2c(NCCCc3nn(-c4ccc(F)cc4)c(N)c3C#N)ncnc21. The van der Waals surface area contributed by atoms with Gasteiger partial charge >= 0.3 is 0 Å². The molecule has 29 heavy (non-hydrogen) atoms. The number of halogens is 1. The van der Waals surface area contributed by atoms with Crippen LogP contribution in [0.5, 0.6) is 0 Å². The zero-order valence-corrected chi connectivity index (χ0v) is 15.7. The largest absolute Gasteiger partial charge is 0.382 e. The lowest BCUT2D eigenvalue weighted by Gasteiger charge is -2.05. The molecule has 0 saturated carbocycles. The predicted molar refractivity (Wildman–Crippen MR) is 106 cm³/mol. The van der Waals surface area contributed by atoms with E-state index in [0.717, 1.165) is 11.0 Å². The summed E-state index contributed by atoms with van der Waals surface area (Å²) in [5.41, 5.74) is 8.38. The molecule has 0 saturated heterocycles. The molecule has 0 aliphatic rings. The molecule has 1 aromatic carbocycles. The van der Waals surface area contributed by atoms with E-state index in [-0.39, 0.29) is 11.6 Å². The molecule has 0 unspecified atom stereocenters. The van der Waals surface area contributed by atoms with Crippen LogP contribution in [0, 0.1) is 17.1 Å². The first kappa shape index (κ1) is 18.4. The topological polar surface area (TPSA) is 123 Å². The summed E-state index contributed by atoms with van der Waals surface area (Å²) in [5, 5.41) is 22.2. The lowest BCUT2D eigenvalue weighted by atomic mass is 10.1. The second-order valence-corrected chi connectivity index (χ2v) is 6.47. The van der Waals surface area contributed by atoms with Gasteiger partial charge in [0.1, 0.15) is 35.4 Å². The van der Waals surface area contributed by atoms with E-state index < -0.39 is 0 Å². The van der Waals surface area contributed by atoms with Gasteiger partial charge in [0, 0.05) is 13.6 Å². The molecule has 0 bridgehead atoms. The van der Waals surface area contributed by atoms with Gasteiger partial charge < -0.3 is 11.1 Å². The highest BCUT2D eigenvalue weighted by molar-refractivity contribution is 5.85. The highest BCUT2D eigenvalue weighted by Gasteiger charge is 2.16.